The van der Waals surface area contributed by atoms with Gasteiger partial charge in [0.05, 0.1) is 5.69 Å². The Morgan fingerprint density at radius 2 is 1.74 bits per heavy atom. The van der Waals surface area contributed by atoms with Crippen LogP contribution >= 0.6 is 0 Å². The van der Waals surface area contributed by atoms with E-state index in [0.29, 0.717) is 17.4 Å². The second kappa shape index (κ2) is 5.53. The maximum absolute atomic E-state index is 5.36. The first-order chi connectivity index (χ1) is 11.3. The highest BCUT2D eigenvalue weighted by Gasteiger charge is 2.13. The summed E-state index contributed by atoms with van der Waals surface area (Å²) in [6, 6.07) is 19.8. The highest BCUT2D eigenvalue weighted by Crippen LogP contribution is 2.25. The number of benzene rings is 2. The molecular weight excluding hydrogens is 288 g/mol. The molecule has 2 aromatic heterocycles. The van der Waals surface area contributed by atoms with Gasteiger partial charge in [0.15, 0.2) is 0 Å². The van der Waals surface area contributed by atoms with Gasteiger partial charge in [-0.05, 0) is 19.1 Å². The molecule has 23 heavy (non-hydrogen) atoms. The van der Waals surface area contributed by atoms with Crippen LogP contribution in [0, 0.1) is 6.92 Å². The van der Waals surface area contributed by atoms with Gasteiger partial charge in [0, 0.05) is 11.1 Å². The van der Waals surface area contributed by atoms with Crippen molar-refractivity contribution in [2.24, 2.45) is 0 Å². The highest BCUT2D eigenvalue weighted by molar-refractivity contribution is 5.65. The van der Waals surface area contributed by atoms with Gasteiger partial charge in [-0.2, -0.15) is 10.1 Å². The zero-order valence-corrected chi connectivity index (χ0v) is 12.5. The predicted molar refractivity (Wildman–Crippen MR) is 87.5 cm³/mol. The standard InChI is InChI=1S/C18H14N4O/c1-12-6-5-9-14(10-12)17-19-18(23-22-17)16-11-15(20-21-16)13-7-3-2-4-8-13/h2-11H,1H3,(H,20,21). The number of rotatable bonds is 3. The SMILES string of the molecule is Cc1cccc(-c2noc(-c3cc(-c4ccccc4)n[nH]3)n2)c1. The van der Waals surface area contributed by atoms with Crippen molar-refractivity contribution in [3.05, 3.63) is 66.2 Å². The molecule has 0 amide bonds. The van der Waals surface area contributed by atoms with Gasteiger partial charge in [-0.25, -0.2) is 0 Å². The van der Waals surface area contributed by atoms with E-state index in [1.807, 2.05) is 67.6 Å². The molecule has 5 heteroatoms. The Morgan fingerprint density at radius 1 is 0.913 bits per heavy atom. The lowest BCUT2D eigenvalue weighted by Gasteiger charge is -1.94. The van der Waals surface area contributed by atoms with Crippen molar-refractivity contribution in [2.75, 3.05) is 0 Å². The summed E-state index contributed by atoms with van der Waals surface area (Å²) in [5, 5.41) is 11.3. The first kappa shape index (κ1) is 13.5. The fourth-order valence-electron chi connectivity index (χ4n) is 2.42. The summed E-state index contributed by atoms with van der Waals surface area (Å²) in [4.78, 5) is 4.45. The molecule has 4 aromatic rings. The van der Waals surface area contributed by atoms with Crippen LogP contribution in [-0.4, -0.2) is 20.3 Å². The van der Waals surface area contributed by atoms with Crippen LogP contribution in [0.5, 0.6) is 0 Å². The summed E-state index contributed by atoms with van der Waals surface area (Å²) in [5.74, 6) is 0.996. The summed E-state index contributed by atoms with van der Waals surface area (Å²) in [5.41, 5.74) is 4.67. The van der Waals surface area contributed by atoms with E-state index in [2.05, 4.69) is 20.3 Å². The summed E-state index contributed by atoms with van der Waals surface area (Å²) < 4.78 is 5.36. The first-order valence-electron chi connectivity index (χ1n) is 7.31. The van der Waals surface area contributed by atoms with Crippen molar-refractivity contribution >= 4 is 0 Å². The molecule has 0 atom stereocenters. The van der Waals surface area contributed by atoms with E-state index in [4.69, 9.17) is 4.52 Å². The van der Waals surface area contributed by atoms with Gasteiger partial charge >= 0.3 is 0 Å². The smallest absolute Gasteiger partial charge is 0.276 e. The lowest BCUT2D eigenvalue weighted by atomic mass is 10.1. The van der Waals surface area contributed by atoms with Gasteiger partial charge in [0.1, 0.15) is 5.69 Å². The van der Waals surface area contributed by atoms with Crippen molar-refractivity contribution < 1.29 is 4.52 Å². The number of aromatic amines is 1. The Labute approximate surface area is 133 Å². The fraction of sp³-hybridized carbons (Fsp3) is 0.0556. The quantitative estimate of drug-likeness (QED) is 0.618. The molecule has 0 unspecified atom stereocenters. The number of nitrogens with one attached hydrogen (secondary N) is 1. The number of nitrogens with zero attached hydrogens (tertiary/aromatic N) is 3. The van der Waals surface area contributed by atoms with Gasteiger partial charge in [-0.15, -0.1) is 0 Å². The molecule has 112 valence electrons. The first-order valence-corrected chi connectivity index (χ1v) is 7.31. The van der Waals surface area contributed by atoms with E-state index >= 15 is 0 Å². The highest BCUT2D eigenvalue weighted by atomic mass is 16.5. The van der Waals surface area contributed by atoms with Crippen LogP contribution < -0.4 is 0 Å². The van der Waals surface area contributed by atoms with Crippen LogP contribution in [0.4, 0.5) is 0 Å². The molecule has 4 rings (SSSR count). The lowest BCUT2D eigenvalue weighted by molar-refractivity contribution is 0.431. The van der Waals surface area contributed by atoms with Gasteiger partial charge in [0.25, 0.3) is 5.89 Å². The Kier molecular flexibility index (Phi) is 3.24. The molecule has 0 saturated heterocycles. The molecule has 5 nitrogen and oxygen atoms in total. The minimum atomic E-state index is 0.427. The van der Waals surface area contributed by atoms with Gasteiger partial charge in [-0.1, -0.05) is 59.3 Å². The summed E-state index contributed by atoms with van der Waals surface area (Å²) in [6.45, 7) is 2.03. The fourth-order valence-corrected chi connectivity index (χ4v) is 2.42. The Balaban J connectivity index is 1.66. The minimum absolute atomic E-state index is 0.427. The third-order valence-corrected chi connectivity index (χ3v) is 3.58. The van der Waals surface area contributed by atoms with Gasteiger partial charge in [-0.3, -0.25) is 5.10 Å². The van der Waals surface area contributed by atoms with Crippen LogP contribution in [0.2, 0.25) is 0 Å². The molecule has 0 fully saturated rings. The molecule has 0 radical (unpaired) electrons. The van der Waals surface area contributed by atoms with E-state index in [1.165, 1.54) is 0 Å². The van der Waals surface area contributed by atoms with E-state index in [-0.39, 0.29) is 0 Å². The van der Waals surface area contributed by atoms with Crippen LogP contribution in [-0.2, 0) is 0 Å². The van der Waals surface area contributed by atoms with Crippen LogP contribution in [0.25, 0.3) is 34.2 Å². The molecule has 2 heterocycles. The van der Waals surface area contributed by atoms with E-state index < -0.39 is 0 Å². The summed E-state index contributed by atoms with van der Waals surface area (Å²) in [7, 11) is 0. The third-order valence-electron chi connectivity index (χ3n) is 3.58. The maximum atomic E-state index is 5.36. The zero-order chi connectivity index (χ0) is 15.6. The number of H-pyrrole nitrogens is 1. The van der Waals surface area contributed by atoms with E-state index in [9.17, 15) is 0 Å². The zero-order valence-electron chi connectivity index (χ0n) is 12.5. The average Bonchev–Trinajstić information content (AvgIpc) is 3.25. The number of aryl methyl sites for hydroxylation is 1. The summed E-state index contributed by atoms with van der Waals surface area (Å²) in [6.07, 6.45) is 0. The van der Waals surface area contributed by atoms with Gasteiger partial charge < -0.3 is 4.52 Å². The molecule has 2 aromatic carbocycles. The number of hydrogen-bond acceptors (Lipinski definition) is 4. The van der Waals surface area contributed by atoms with Crippen molar-refractivity contribution in [3.8, 4) is 34.2 Å². The topological polar surface area (TPSA) is 67.6 Å². The Bertz CT molecular complexity index is 940. The van der Waals surface area contributed by atoms with Crippen molar-refractivity contribution in [1.29, 1.82) is 0 Å². The lowest BCUT2D eigenvalue weighted by Crippen LogP contribution is -1.82. The van der Waals surface area contributed by atoms with Crippen LogP contribution in [0.1, 0.15) is 5.56 Å². The predicted octanol–water partition coefficient (Wildman–Crippen LogP) is 4.10. The van der Waals surface area contributed by atoms with Crippen molar-refractivity contribution in [2.45, 2.75) is 6.92 Å². The van der Waals surface area contributed by atoms with Crippen molar-refractivity contribution in [3.63, 3.8) is 0 Å². The normalized spacial score (nSPS) is 10.8. The molecule has 0 bridgehead atoms. The second-order valence-electron chi connectivity index (χ2n) is 5.33. The second-order valence-corrected chi connectivity index (χ2v) is 5.33. The largest absolute Gasteiger partial charge is 0.332 e. The monoisotopic (exact) mass is 302 g/mol. The van der Waals surface area contributed by atoms with Crippen molar-refractivity contribution in [1.82, 2.24) is 20.3 Å². The van der Waals surface area contributed by atoms with E-state index in [1.54, 1.807) is 0 Å². The molecule has 1 N–H and O–H groups in total. The Morgan fingerprint density at radius 3 is 2.57 bits per heavy atom. The maximum Gasteiger partial charge on any atom is 0.276 e. The van der Waals surface area contributed by atoms with Crippen LogP contribution in [0.3, 0.4) is 0 Å². The third kappa shape index (κ3) is 2.64. The molecule has 0 aliphatic carbocycles. The molecular formula is C18H14N4O. The minimum Gasteiger partial charge on any atom is -0.332 e. The molecule has 0 aliphatic heterocycles. The van der Waals surface area contributed by atoms with E-state index in [0.717, 1.165) is 22.4 Å². The number of hydrogen-bond donors (Lipinski definition) is 1. The number of aromatic nitrogens is 4. The average molecular weight is 302 g/mol. The molecule has 0 spiro atoms. The summed E-state index contributed by atoms with van der Waals surface area (Å²) >= 11 is 0. The molecule has 0 aliphatic rings. The molecule has 0 saturated carbocycles. The van der Waals surface area contributed by atoms with Gasteiger partial charge in [0.2, 0.25) is 5.82 Å². The van der Waals surface area contributed by atoms with Crippen LogP contribution in [0.15, 0.2) is 65.2 Å². The Hall–Kier alpha value is -3.21.